The van der Waals surface area contributed by atoms with Crippen LogP contribution in [0.1, 0.15) is 13.8 Å². The molecule has 8 nitrogen and oxygen atoms in total. The van der Waals surface area contributed by atoms with Crippen molar-refractivity contribution in [3.8, 4) is 11.5 Å². The van der Waals surface area contributed by atoms with Crippen LogP contribution in [0.5, 0.6) is 11.5 Å². The number of benzene rings is 2. The second-order valence-electron chi connectivity index (χ2n) is 5.61. The standard InChI is InChI=1S/C20H22N2O6/c1-3-26-16-11-7-8-12-17(16)27-13-18(23)28-14(2)19(24)22-20(25)21-15-9-5-4-6-10-15/h4-12,14H,3,13H2,1-2H3,(H2,21,22,24,25). The number of carbonyl (C=O) groups is 3. The van der Waals surface area contributed by atoms with Crippen LogP contribution in [0.2, 0.25) is 0 Å². The first-order chi connectivity index (χ1) is 13.5. The first-order valence-electron chi connectivity index (χ1n) is 8.70. The summed E-state index contributed by atoms with van der Waals surface area (Å²) in [5, 5.41) is 4.60. The van der Waals surface area contributed by atoms with Gasteiger partial charge in [0, 0.05) is 5.69 Å². The number of amides is 3. The average Bonchev–Trinajstić information content (AvgIpc) is 2.68. The number of urea groups is 1. The molecule has 148 valence electrons. The first kappa shape index (κ1) is 20.8. The third-order valence-electron chi connectivity index (χ3n) is 3.44. The van der Waals surface area contributed by atoms with Gasteiger partial charge in [-0.25, -0.2) is 9.59 Å². The van der Waals surface area contributed by atoms with E-state index in [-0.39, 0.29) is 0 Å². The third kappa shape index (κ3) is 6.64. The zero-order valence-electron chi connectivity index (χ0n) is 15.6. The fraction of sp³-hybridized carbons (Fsp3) is 0.250. The maximum absolute atomic E-state index is 12.0. The van der Waals surface area contributed by atoms with Gasteiger partial charge in [0.2, 0.25) is 0 Å². The molecule has 0 fully saturated rings. The van der Waals surface area contributed by atoms with Crippen molar-refractivity contribution in [1.29, 1.82) is 0 Å². The van der Waals surface area contributed by atoms with Crippen LogP contribution < -0.4 is 20.1 Å². The molecule has 0 saturated carbocycles. The van der Waals surface area contributed by atoms with Gasteiger partial charge < -0.3 is 19.5 Å². The highest BCUT2D eigenvalue weighted by atomic mass is 16.6. The predicted octanol–water partition coefficient (Wildman–Crippen LogP) is 2.74. The molecule has 0 radical (unpaired) electrons. The lowest BCUT2D eigenvalue weighted by atomic mass is 10.3. The van der Waals surface area contributed by atoms with Gasteiger partial charge >= 0.3 is 12.0 Å². The molecule has 2 rings (SSSR count). The molecule has 0 heterocycles. The number of ether oxygens (including phenoxy) is 3. The largest absolute Gasteiger partial charge is 0.490 e. The van der Waals surface area contributed by atoms with E-state index in [0.717, 1.165) is 0 Å². The van der Waals surface area contributed by atoms with Crippen molar-refractivity contribution in [2.24, 2.45) is 0 Å². The summed E-state index contributed by atoms with van der Waals surface area (Å²) in [5.41, 5.74) is 0.527. The SMILES string of the molecule is CCOc1ccccc1OCC(=O)OC(C)C(=O)NC(=O)Nc1ccccc1. The normalized spacial score (nSPS) is 11.1. The van der Waals surface area contributed by atoms with E-state index in [2.05, 4.69) is 10.6 Å². The minimum Gasteiger partial charge on any atom is -0.490 e. The zero-order chi connectivity index (χ0) is 20.4. The fourth-order valence-electron chi connectivity index (χ4n) is 2.16. The van der Waals surface area contributed by atoms with Crippen LogP contribution in [0.3, 0.4) is 0 Å². The summed E-state index contributed by atoms with van der Waals surface area (Å²) in [7, 11) is 0. The van der Waals surface area contributed by atoms with E-state index in [1.807, 2.05) is 6.92 Å². The number of rotatable bonds is 8. The lowest BCUT2D eigenvalue weighted by molar-refractivity contribution is -0.156. The minimum absolute atomic E-state index is 0.389. The Hall–Kier alpha value is -3.55. The van der Waals surface area contributed by atoms with Crippen molar-refractivity contribution in [3.63, 3.8) is 0 Å². The number of anilines is 1. The van der Waals surface area contributed by atoms with Crippen LogP contribution >= 0.6 is 0 Å². The molecule has 1 unspecified atom stereocenters. The number of imide groups is 1. The van der Waals surface area contributed by atoms with Gasteiger partial charge in [0.25, 0.3) is 5.91 Å². The van der Waals surface area contributed by atoms with Gasteiger partial charge in [0.15, 0.2) is 24.2 Å². The molecule has 0 aliphatic carbocycles. The first-order valence-corrected chi connectivity index (χ1v) is 8.70. The topological polar surface area (TPSA) is 103 Å². The summed E-state index contributed by atoms with van der Waals surface area (Å²) >= 11 is 0. The van der Waals surface area contributed by atoms with Gasteiger partial charge in [0.05, 0.1) is 6.61 Å². The van der Waals surface area contributed by atoms with Crippen LogP contribution in [0.15, 0.2) is 54.6 Å². The van der Waals surface area contributed by atoms with Crippen molar-refractivity contribution in [2.45, 2.75) is 20.0 Å². The van der Waals surface area contributed by atoms with E-state index in [0.29, 0.717) is 23.8 Å². The Morgan fingerprint density at radius 1 is 0.929 bits per heavy atom. The molecule has 0 aliphatic heterocycles. The third-order valence-corrected chi connectivity index (χ3v) is 3.44. The molecule has 0 aromatic heterocycles. The van der Waals surface area contributed by atoms with Crippen LogP contribution in [-0.4, -0.2) is 37.2 Å². The molecular weight excluding hydrogens is 364 g/mol. The Balaban J connectivity index is 1.78. The molecule has 1 atom stereocenters. The zero-order valence-corrected chi connectivity index (χ0v) is 15.6. The molecule has 0 bridgehead atoms. The second-order valence-corrected chi connectivity index (χ2v) is 5.61. The summed E-state index contributed by atoms with van der Waals surface area (Å²) in [6, 6.07) is 14.8. The molecule has 0 saturated heterocycles. The number of esters is 1. The number of hydrogen-bond donors (Lipinski definition) is 2. The maximum Gasteiger partial charge on any atom is 0.344 e. The quantitative estimate of drug-likeness (QED) is 0.676. The summed E-state index contributed by atoms with van der Waals surface area (Å²) in [4.78, 5) is 35.7. The summed E-state index contributed by atoms with van der Waals surface area (Å²) in [5.74, 6) is -0.615. The lowest BCUT2D eigenvalue weighted by Crippen LogP contribution is -2.42. The molecule has 3 amide bonds. The van der Waals surface area contributed by atoms with Crippen molar-refractivity contribution in [2.75, 3.05) is 18.5 Å². The molecule has 8 heteroatoms. The van der Waals surface area contributed by atoms with E-state index in [9.17, 15) is 14.4 Å². The second kappa shape index (κ2) is 10.6. The average molecular weight is 386 g/mol. The molecule has 28 heavy (non-hydrogen) atoms. The van der Waals surface area contributed by atoms with Crippen molar-refractivity contribution in [3.05, 3.63) is 54.6 Å². The van der Waals surface area contributed by atoms with E-state index in [1.165, 1.54) is 6.92 Å². The highest BCUT2D eigenvalue weighted by Gasteiger charge is 2.20. The monoisotopic (exact) mass is 386 g/mol. The Labute approximate surface area is 162 Å². The van der Waals surface area contributed by atoms with E-state index in [4.69, 9.17) is 14.2 Å². The summed E-state index contributed by atoms with van der Waals surface area (Å²) in [6.07, 6.45) is -1.17. The molecule has 2 N–H and O–H groups in total. The lowest BCUT2D eigenvalue weighted by Gasteiger charge is -2.14. The van der Waals surface area contributed by atoms with Gasteiger partial charge in [-0.2, -0.15) is 0 Å². The maximum atomic E-state index is 12.0. The van der Waals surface area contributed by atoms with Crippen LogP contribution in [-0.2, 0) is 14.3 Å². The van der Waals surface area contributed by atoms with Gasteiger partial charge in [-0.3, -0.25) is 10.1 Å². The minimum atomic E-state index is -1.17. The Kier molecular flexibility index (Phi) is 7.83. The molecular formula is C20H22N2O6. The number of para-hydroxylation sites is 3. The predicted molar refractivity (Wildman–Crippen MR) is 102 cm³/mol. The van der Waals surface area contributed by atoms with Gasteiger partial charge in [-0.05, 0) is 38.1 Å². The number of hydrogen-bond acceptors (Lipinski definition) is 6. The molecule has 0 aliphatic rings. The van der Waals surface area contributed by atoms with E-state index < -0.39 is 30.6 Å². The summed E-state index contributed by atoms with van der Waals surface area (Å²) < 4.78 is 15.8. The molecule has 2 aromatic carbocycles. The van der Waals surface area contributed by atoms with Gasteiger partial charge in [-0.15, -0.1) is 0 Å². The summed E-state index contributed by atoms with van der Waals surface area (Å²) in [6.45, 7) is 3.24. The van der Waals surface area contributed by atoms with E-state index >= 15 is 0 Å². The Bertz CT molecular complexity index is 809. The van der Waals surface area contributed by atoms with Crippen LogP contribution in [0, 0.1) is 0 Å². The Morgan fingerprint density at radius 3 is 2.18 bits per heavy atom. The highest BCUT2D eigenvalue weighted by molar-refractivity contribution is 6.02. The van der Waals surface area contributed by atoms with Crippen molar-refractivity contribution < 1.29 is 28.6 Å². The van der Waals surface area contributed by atoms with Crippen LogP contribution in [0.25, 0.3) is 0 Å². The highest BCUT2D eigenvalue weighted by Crippen LogP contribution is 2.26. The number of nitrogens with one attached hydrogen (secondary N) is 2. The fourth-order valence-corrected chi connectivity index (χ4v) is 2.16. The smallest absolute Gasteiger partial charge is 0.344 e. The Morgan fingerprint density at radius 2 is 1.54 bits per heavy atom. The van der Waals surface area contributed by atoms with Gasteiger partial charge in [0.1, 0.15) is 0 Å². The number of carbonyl (C=O) groups excluding carboxylic acids is 3. The van der Waals surface area contributed by atoms with Crippen molar-refractivity contribution >= 4 is 23.6 Å². The van der Waals surface area contributed by atoms with Crippen molar-refractivity contribution in [1.82, 2.24) is 5.32 Å². The van der Waals surface area contributed by atoms with Crippen LogP contribution in [0.4, 0.5) is 10.5 Å². The molecule has 2 aromatic rings. The van der Waals surface area contributed by atoms with Gasteiger partial charge in [-0.1, -0.05) is 30.3 Å². The van der Waals surface area contributed by atoms with E-state index in [1.54, 1.807) is 54.6 Å². The molecule has 0 spiro atoms.